The van der Waals surface area contributed by atoms with Gasteiger partial charge in [-0.2, -0.15) is 0 Å². The summed E-state index contributed by atoms with van der Waals surface area (Å²) in [5, 5.41) is 13.4. The lowest BCUT2D eigenvalue weighted by Crippen LogP contribution is -2.43. The molecule has 1 saturated heterocycles. The van der Waals surface area contributed by atoms with E-state index in [1.807, 2.05) is 0 Å². The van der Waals surface area contributed by atoms with E-state index in [2.05, 4.69) is 12.2 Å². The van der Waals surface area contributed by atoms with E-state index in [1.54, 1.807) is 24.1 Å². The summed E-state index contributed by atoms with van der Waals surface area (Å²) < 4.78 is 10.5. The second-order valence-electron chi connectivity index (χ2n) is 5.71. The highest BCUT2D eigenvalue weighted by atomic mass is 16.5. The summed E-state index contributed by atoms with van der Waals surface area (Å²) in [6, 6.07) is 3.17. The van der Waals surface area contributed by atoms with Crippen molar-refractivity contribution in [2.75, 3.05) is 26.1 Å². The Bertz CT molecular complexity index is 575. The first-order valence-electron chi connectivity index (χ1n) is 7.06. The van der Waals surface area contributed by atoms with Crippen molar-refractivity contribution in [1.29, 1.82) is 0 Å². The quantitative estimate of drug-likeness (QED) is 0.859. The highest BCUT2D eigenvalue weighted by molar-refractivity contribution is 6.01. The minimum absolute atomic E-state index is 0.0793. The van der Waals surface area contributed by atoms with Gasteiger partial charge in [0.15, 0.2) is 11.5 Å². The van der Waals surface area contributed by atoms with Crippen LogP contribution in [0.5, 0.6) is 11.5 Å². The first-order valence-corrected chi connectivity index (χ1v) is 7.06. The third kappa shape index (κ3) is 2.19. The maximum Gasteiger partial charge on any atom is 0.256 e. The molecule has 3 atom stereocenters. The van der Waals surface area contributed by atoms with Crippen LogP contribution in [0.3, 0.4) is 0 Å². The minimum Gasteiger partial charge on any atom is -0.493 e. The highest BCUT2D eigenvalue weighted by Crippen LogP contribution is 2.38. The molecule has 3 rings (SSSR count). The van der Waals surface area contributed by atoms with E-state index >= 15 is 0 Å². The number of carbonyl (C=O) groups is 1. The van der Waals surface area contributed by atoms with E-state index in [0.29, 0.717) is 35.2 Å². The fourth-order valence-corrected chi connectivity index (χ4v) is 3.20. The number of rotatable bonds is 2. The molecule has 2 aliphatic heterocycles. The molecule has 0 aliphatic carbocycles. The van der Waals surface area contributed by atoms with Crippen molar-refractivity contribution in [2.45, 2.75) is 25.6 Å². The van der Waals surface area contributed by atoms with Crippen LogP contribution in [-0.2, 0) is 0 Å². The van der Waals surface area contributed by atoms with Gasteiger partial charge in [-0.1, -0.05) is 6.92 Å². The Morgan fingerprint density at radius 1 is 1.29 bits per heavy atom. The molecule has 0 saturated carbocycles. The molecule has 1 aromatic carbocycles. The number of nitrogens with zero attached hydrogens (tertiary/aromatic N) is 1. The number of methoxy groups -OCH3 is 2. The van der Waals surface area contributed by atoms with Crippen molar-refractivity contribution in [3.63, 3.8) is 0 Å². The lowest BCUT2D eigenvalue weighted by Gasteiger charge is -2.25. The van der Waals surface area contributed by atoms with Gasteiger partial charge in [0.1, 0.15) is 6.23 Å². The van der Waals surface area contributed by atoms with Crippen molar-refractivity contribution in [3.05, 3.63) is 17.7 Å². The van der Waals surface area contributed by atoms with Crippen LogP contribution >= 0.6 is 0 Å². The lowest BCUT2D eigenvalue weighted by molar-refractivity contribution is 0.0580. The van der Waals surface area contributed by atoms with Gasteiger partial charge in [-0.25, -0.2) is 0 Å². The van der Waals surface area contributed by atoms with Gasteiger partial charge in [0.2, 0.25) is 0 Å². The number of fused-ring (bicyclic) bond motifs is 2. The molecule has 3 unspecified atom stereocenters. The van der Waals surface area contributed by atoms with Crippen LogP contribution in [0.4, 0.5) is 5.69 Å². The largest absolute Gasteiger partial charge is 0.493 e. The van der Waals surface area contributed by atoms with Gasteiger partial charge in [0.05, 0.1) is 31.5 Å². The van der Waals surface area contributed by atoms with Crippen molar-refractivity contribution in [2.24, 2.45) is 5.92 Å². The van der Waals surface area contributed by atoms with Gasteiger partial charge in [-0.3, -0.25) is 4.79 Å². The number of aliphatic hydroxyl groups is 1. The maximum atomic E-state index is 12.8. The molecule has 2 heterocycles. The topological polar surface area (TPSA) is 71.0 Å². The highest BCUT2D eigenvalue weighted by Gasteiger charge is 2.41. The molecule has 0 radical (unpaired) electrons. The van der Waals surface area contributed by atoms with Crippen LogP contribution in [0.2, 0.25) is 0 Å². The van der Waals surface area contributed by atoms with Crippen LogP contribution in [0, 0.1) is 5.92 Å². The number of hydrogen-bond donors (Lipinski definition) is 2. The fourth-order valence-electron chi connectivity index (χ4n) is 3.20. The Labute approximate surface area is 123 Å². The van der Waals surface area contributed by atoms with Crippen LogP contribution in [0.25, 0.3) is 0 Å². The number of anilines is 1. The Balaban J connectivity index is 2.08. The fraction of sp³-hybridized carbons (Fsp3) is 0.533. The normalized spacial score (nSPS) is 27.5. The van der Waals surface area contributed by atoms with E-state index in [-0.39, 0.29) is 11.9 Å². The third-order valence-corrected chi connectivity index (χ3v) is 4.24. The number of nitrogens with one attached hydrogen (secondary N) is 1. The molecule has 0 aromatic heterocycles. The van der Waals surface area contributed by atoms with E-state index in [1.165, 1.54) is 7.11 Å². The SMILES string of the molecule is COc1cc2c(cc1OC)C(=O)N1CC(C)CC1C(O)N2. The van der Waals surface area contributed by atoms with Crippen molar-refractivity contribution >= 4 is 11.6 Å². The van der Waals surface area contributed by atoms with Crippen LogP contribution in [-0.4, -0.2) is 48.9 Å². The summed E-state index contributed by atoms with van der Waals surface area (Å²) in [6.45, 7) is 2.75. The van der Waals surface area contributed by atoms with Gasteiger partial charge < -0.3 is 24.8 Å². The van der Waals surface area contributed by atoms with E-state index < -0.39 is 6.23 Å². The van der Waals surface area contributed by atoms with E-state index in [9.17, 15) is 9.90 Å². The van der Waals surface area contributed by atoms with Crippen LogP contribution in [0.1, 0.15) is 23.7 Å². The molecular formula is C15H20N2O4. The summed E-state index contributed by atoms with van der Waals surface area (Å²) in [7, 11) is 3.08. The average Bonchev–Trinajstić information content (AvgIpc) is 2.84. The van der Waals surface area contributed by atoms with Crippen molar-refractivity contribution < 1.29 is 19.4 Å². The van der Waals surface area contributed by atoms with E-state index in [0.717, 1.165) is 6.42 Å². The number of benzene rings is 1. The number of ether oxygens (including phenoxy) is 2. The molecule has 2 N–H and O–H groups in total. The monoisotopic (exact) mass is 292 g/mol. The average molecular weight is 292 g/mol. The molecule has 1 amide bonds. The molecule has 0 bridgehead atoms. The molecule has 6 nitrogen and oxygen atoms in total. The molecule has 114 valence electrons. The standard InChI is InChI=1S/C15H20N2O4/c1-8-4-11-14(18)16-10-6-13(21-3)12(20-2)5-9(10)15(19)17(11)7-8/h5-6,8,11,14,16,18H,4,7H2,1-3H3. The third-order valence-electron chi connectivity index (χ3n) is 4.24. The predicted octanol–water partition coefficient (Wildman–Crippen LogP) is 1.30. The Morgan fingerprint density at radius 3 is 2.62 bits per heavy atom. The first kappa shape index (κ1) is 14.0. The van der Waals surface area contributed by atoms with Crippen LogP contribution < -0.4 is 14.8 Å². The number of amides is 1. The van der Waals surface area contributed by atoms with Gasteiger partial charge >= 0.3 is 0 Å². The Kier molecular flexibility index (Phi) is 3.41. The molecule has 21 heavy (non-hydrogen) atoms. The maximum absolute atomic E-state index is 12.8. The molecule has 1 aromatic rings. The van der Waals surface area contributed by atoms with Gasteiger partial charge in [0.25, 0.3) is 5.91 Å². The first-order chi connectivity index (χ1) is 10.0. The smallest absolute Gasteiger partial charge is 0.256 e. The zero-order valence-corrected chi connectivity index (χ0v) is 12.4. The van der Waals surface area contributed by atoms with Gasteiger partial charge in [-0.05, 0) is 18.4 Å². The van der Waals surface area contributed by atoms with E-state index in [4.69, 9.17) is 9.47 Å². The number of carbonyl (C=O) groups excluding carboxylic acids is 1. The van der Waals surface area contributed by atoms with Gasteiger partial charge in [-0.15, -0.1) is 0 Å². The zero-order valence-electron chi connectivity index (χ0n) is 12.4. The Morgan fingerprint density at radius 2 is 1.95 bits per heavy atom. The predicted molar refractivity (Wildman–Crippen MR) is 77.8 cm³/mol. The molecule has 1 fully saturated rings. The molecule has 2 aliphatic rings. The second-order valence-corrected chi connectivity index (χ2v) is 5.71. The van der Waals surface area contributed by atoms with Gasteiger partial charge in [0, 0.05) is 12.6 Å². The van der Waals surface area contributed by atoms with Crippen LogP contribution in [0.15, 0.2) is 12.1 Å². The molecular weight excluding hydrogens is 272 g/mol. The minimum atomic E-state index is -0.779. The summed E-state index contributed by atoms with van der Waals surface area (Å²) in [5.41, 5.74) is 1.08. The molecule has 0 spiro atoms. The van der Waals surface area contributed by atoms with Crippen molar-refractivity contribution in [3.8, 4) is 11.5 Å². The summed E-state index contributed by atoms with van der Waals surface area (Å²) in [5.74, 6) is 1.34. The number of aliphatic hydroxyl groups excluding tert-OH is 1. The molecule has 6 heteroatoms. The number of hydrogen-bond acceptors (Lipinski definition) is 5. The lowest BCUT2D eigenvalue weighted by atomic mass is 10.1. The Hall–Kier alpha value is -1.95. The summed E-state index contributed by atoms with van der Waals surface area (Å²) in [6.07, 6.45) is 0.0144. The summed E-state index contributed by atoms with van der Waals surface area (Å²) in [4.78, 5) is 14.5. The second kappa shape index (κ2) is 5.11. The zero-order chi connectivity index (χ0) is 15.1. The van der Waals surface area contributed by atoms with Crippen molar-refractivity contribution in [1.82, 2.24) is 4.90 Å². The summed E-state index contributed by atoms with van der Waals surface area (Å²) >= 11 is 0.